The summed E-state index contributed by atoms with van der Waals surface area (Å²) in [4.78, 5) is 10.9. The zero-order chi connectivity index (χ0) is 10.0. The van der Waals surface area contributed by atoms with Gasteiger partial charge in [0.05, 0.1) is 12.7 Å². The Morgan fingerprint density at radius 2 is 2.15 bits per heavy atom. The molecule has 0 heterocycles. The molecule has 0 fully saturated rings. The first kappa shape index (κ1) is 9.99. The third-order valence-corrected chi connectivity index (χ3v) is 1.91. The van der Waals surface area contributed by atoms with Crippen LogP contribution in [0.3, 0.4) is 0 Å². The van der Waals surface area contributed by atoms with Gasteiger partial charge in [0.25, 0.3) is 5.24 Å². The zero-order valence-electron chi connectivity index (χ0n) is 7.23. The van der Waals surface area contributed by atoms with Crippen LogP contribution in [0.4, 0.5) is 4.39 Å². The number of halogens is 2. The fraction of sp³-hybridized carbons (Fsp3) is 0.222. The smallest absolute Gasteiger partial charge is 0.256 e. The van der Waals surface area contributed by atoms with Crippen LogP contribution in [0.5, 0.6) is 5.75 Å². The van der Waals surface area contributed by atoms with E-state index in [4.69, 9.17) is 16.3 Å². The molecule has 0 aliphatic carbocycles. The summed E-state index contributed by atoms with van der Waals surface area (Å²) >= 11 is 5.28. The summed E-state index contributed by atoms with van der Waals surface area (Å²) in [6, 6.07) is 2.71. The molecule has 0 amide bonds. The third-order valence-electron chi connectivity index (χ3n) is 1.72. The number of carbonyl (C=O) groups is 1. The van der Waals surface area contributed by atoms with E-state index in [9.17, 15) is 9.18 Å². The third kappa shape index (κ3) is 1.80. The molecular formula is C9H8ClFO2. The molecular weight excluding hydrogens is 195 g/mol. The zero-order valence-corrected chi connectivity index (χ0v) is 7.98. The molecule has 0 spiro atoms. The van der Waals surface area contributed by atoms with E-state index >= 15 is 0 Å². The van der Waals surface area contributed by atoms with Crippen molar-refractivity contribution in [3.05, 3.63) is 29.1 Å². The lowest BCUT2D eigenvalue weighted by molar-refractivity contribution is 0.107. The molecule has 0 N–H and O–H groups in total. The topological polar surface area (TPSA) is 26.3 Å². The molecule has 13 heavy (non-hydrogen) atoms. The van der Waals surface area contributed by atoms with E-state index in [0.717, 1.165) is 0 Å². The molecule has 0 unspecified atom stereocenters. The number of hydrogen-bond acceptors (Lipinski definition) is 2. The number of carbonyl (C=O) groups excluding carboxylic acids is 1. The van der Waals surface area contributed by atoms with Gasteiger partial charge in [0, 0.05) is 0 Å². The van der Waals surface area contributed by atoms with Crippen LogP contribution in [0.25, 0.3) is 0 Å². The van der Waals surface area contributed by atoms with E-state index in [1.165, 1.54) is 19.2 Å². The minimum Gasteiger partial charge on any atom is -0.493 e. The fourth-order valence-corrected chi connectivity index (χ4v) is 1.33. The lowest BCUT2D eigenvalue weighted by atomic mass is 10.1. The largest absolute Gasteiger partial charge is 0.493 e. The molecule has 1 aromatic rings. The Hall–Kier alpha value is -1.09. The number of ether oxygens (including phenoxy) is 1. The summed E-state index contributed by atoms with van der Waals surface area (Å²) in [5.74, 6) is -0.683. The lowest BCUT2D eigenvalue weighted by Gasteiger charge is -2.08. The van der Waals surface area contributed by atoms with Crippen molar-refractivity contribution in [2.24, 2.45) is 0 Å². The van der Waals surface area contributed by atoms with Crippen LogP contribution in [0.2, 0.25) is 0 Å². The maximum Gasteiger partial charge on any atom is 0.256 e. The minimum absolute atomic E-state index is 0.0872. The molecule has 0 atom stereocenters. The number of aryl methyl sites for hydroxylation is 1. The monoisotopic (exact) mass is 202 g/mol. The highest BCUT2D eigenvalue weighted by atomic mass is 35.5. The average Bonchev–Trinajstić information content (AvgIpc) is 2.07. The Balaban J connectivity index is 3.43. The summed E-state index contributed by atoms with van der Waals surface area (Å²) < 4.78 is 17.8. The first-order valence-corrected chi connectivity index (χ1v) is 3.98. The van der Waals surface area contributed by atoms with Crippen LogP contribution < -0.4 is 4.74 Å². The molecule has 0 aliphatic rings. The molecule has 0 saturated heterocycles. The first-order chi connectivity index (χ1) is 6.07. The Morgan fingerprint density at radius 1 is 1.54 bits per heavy atom. The van der Waals surface area contributed by atoms with E-state index in [1.807, 2.05) is 0 Å². The summed E-state index contributed by atoms with van der Waals surface area (Å²) in [5.41, 5.74) is 0.683. The van der Waals surface area contributed by atoms with Crippen LogP contribution >= 0.6 is 11.6 Å². The van der Waals surface area contributed by atoms with Crippen LogP contribution in [0.1, 0.15) is 15.9 Å². The van der Waals surface area contributed by atoms with Gasteiger partial charge in [-0.25, -0.2) is 4.39 Å². The molecule has 2 nitrogen and oxygen atoms in total. The standard InChI is InChI=1S/C9H8ClFO2/c1-5-3-4-6(11)8(13-2)7(5)9(10)12/h3-4H,1-2H3. The number of benzene rings is 1. The molecule has 0 radical (unpaired) electrons. The second-order valence-electron chi connectivity index (χ2n) is 2.55. The van der Waals surface area contributed by atoms with E-state index in [1.54, 1.807) is 6.92 Å². The van der Waals surface area contributed by atoms with Gasteiger partial charge in [-0.2, -0.15) is 0 Å². The average molecular weight is 203 g/mol. The van der Waals surface area contributed by atoms with Crippen molar-refractivity contribution >= 4 is 16.8 Å². The van der Waals surface area contributed by atoms with E-state index in [2.05, 4.69) is 0 Å². The van der Waals surface area contributed by atoms with Gasteiger partial charge in [-0.05, 0) is 30.2 Å². The summed E-state index contributed by atoms with van der Waals surface area (Å²) in [7, 11) is 1.29. The van der Waals surface area contributed by atoms with Crippen LogP contribution in [0, 0.1) is 12.7 Å². The maximum absolute atomic E-state index is 13.1. The van der Waals surface area contributed by atoms with Crippen LogP contribution in [-0.4, -0.2) is 12.4 Å². The van der Waals surface area contributed by atoms with Gasteiger partial charge < -0.3 is 4.74 Å². The minimum atomic E-state index is -0.714. The van der Waals surface area contributed by atoms with Gasteiger partial charge in [0.15, 0.2) is 11.6 Å². The van der Waals surface area contributed by atoms with Gasteiger partial charge >= 0.3 is 0 Å². The summed E-state index contributed by atoms with van der Waals surface area (Å²) in [6.07, 6.45) is 0. The Kier molecular flexibility index (Phi) is 2.88. The fourth-order valence-electron chi connectivity index (χ4n) is 1.10. The maximum atomic E-state index is 13.1. The van der Waals surface area contributed by atoms with Crippen molar-refractivity contribution in [3.63, 3.8) is 0 Å². The second-order valence-corrected chi connectivity index (χ2v) is 2.89. The predicted molar refractivity (Wildman–Crippen MR) is 47.9 cm³/mol. The Labute approximate surface area is 80.3 Å². The van der Waals surface area contributed by atoms with Gasteiger partial charge in [-0.3, -0.25) is 4.79 Å². The highest BCUT2D eigenvalue weighted by Gasteiger charge is 2.16. The molecule has 0 saturated carbocycles. The van der Waals surface area contributed by atoms with Crippen molar-refractivity contribution in [2.75, 3.05) is 7.11 Å². The first-order valence-electron chi connectivity index (χ1n) is 3.61. The van der Waals surface area contributed by atoms with Crippen LogP contribution in [-0.2, 0) is 0 Å². The van der Waals surface area contributed by atoms with E-state index in [0.29, 0.717) is 5.56 Å². The number of methoxy groups -OCH3 is 1. The highest BCUT2D eigenvalue weighted by Crippen LogP contribution is 2.26. The normalized spacial score (nSPS) is 9.85. The van der Waals surface area contributed by atoms with Gasteiger partial charge in [-0.1, -0.05) is 6.07 Å². The van der Waals surface area contributed by atoms with Gasteiger partial charge in [0.1, 0.15) is 0 Å². The second kappa shape index (κ2) is 3.75. The molecule has 70 valence electrons. The molecule has 0 aliphatic heterocycles. The summed E-state index contributed by atoms with van der Waals surface area (Å²) in [5, 5.41) is -0.714. The quantitative estimate of drug-likeness (QED) is 0.689. The lowest BCUT2D eigenvalue weighted by Crippen LogP contribution is -2.01. The van der Waals surface area contributed by atoms with Crippen molar-refractivity contribution < 1.29 is 13.9 Å². The van der Waals surface area contributed by atoms with E-state index < -0.39 is 11.1 Å². The SMILES string of the molecule is COc1c(F)ccc(C)c1C(=O)Cl. The number of rotatable bonds is 2. The predicted octanol–water partition coefficient (Wildman–Crippen LogP) is 2.52. The van der Waals surface area contributed by atoms with Crippen molar-refractivity contribution in [1.29, 1.82) is 0 Å². The Morgan fingerprint density at radius 3 is 2.54 bits per heavy atom. The molecule has 4 heteroatoms. The molecule has 1 rings (SSSR count). The number of hydrogen-bond donors (Lipinski definition) is 0. The Bertz CT molecular complexity index is 350. The molecule has 0 aromatic heterocycles. The van der Waals surface area contributed by atoms with Gasteiger partial charge in [0.2, 0.25) is 0 Å². The van der Waals surface area contributed by atoms with Crippen molar-refractivity contribution in [1.82, 2.24) is 0 Å². The van der Waals surface area contributed by atoms with Crippen molar-refractivity contribution in [2.45, 2.75) is 6.92 Å². The van der Waals surface area contributed by atoms with E-state index in [-0.39, 0.29) is 11.3 Å². The summed E-state index contributed by atoms with van der Waals surface area (Å²) in [6.45, 7) is 1.66. The van der Waals surface area contributed by atoms with Crippen molar-refractivity contribution in [3.8, 4) is 5.75 Å². The molecule has 0 bridgehead atoms. The van der Waals surface area contributed by atoms with Crippen LogP contribution in [0.15, 0.2) is 12.1 Å². The molecule has 1 aromatic carbocycles. The van der Waals surface area contributed by atoms with Gasteiger partial charge in [-0.15, -0.1) is 0 Å². The highest BCUT2D eigenvalue weighted by molar-refractivity contribution is 6.68.